The second kappa shape index (κ2) is 8.15. The average molecular weight is 412 g/mol. The molecule has 0 saturated heterocycles. The van der Waals surface area contributed by atoms with Gasteiger partial charge in [-0.1, -0.05) is 24.3 Å². The minimum absolute atomic E-state index is 0.146. The van der Waals surface area contributed by atoms with Crippen molar-refractivity contribution in [2.24, 2.45) is 0 Å². The third-order valence-corrected chi connectivity index (χ3v) is 5.45. The number of hydrogen-bond acceptors (Lipinski definition) is 7. The van der Waals surface area contributed by atoms with Crippen LogP contribution in [0.25, 0.3) is 10.6 Å². The Labute approximate surface area is 169 Å². The molecule has 3 rings (SSSR count). The highest BCUT2D eigenvalue weighted by Gasteiger charge is 2.20. The summed E-state index contributed by atoms with van der Waals surface area (Å²) in [6, 6.07) is 10.7. The average Bonchev–Trinajstić information content (AvgIpc) is 3.06. The summed E-state index contributed by atoms with van der Waals surface area (Å²) in [6.07, 6.45) is 0. The van der Waals surface area contributed by atoms with Crippen LogP contribution in [0.15, 0.2) is 42.5 Å². The first-order valence-electron chi connectivity index (χ1n) is 8.50. The fraction of sp³-hybridized carbons (Fsp3) is 0.158. The Bertz CT molecular complexity index is 1090. The molecule has 9 nitrogen and oxygen atoms in total. The lowest BCUT2D eigenvalue weighted by atomic mass is 10.1. The van der Waals surface area contributed by atoms with Gasteiger partial charge in [-0.2, -0.15) is 0 Å². The Kier molecular flexibility index (Phi) is 5.64. The van der Waals surface area contributed by atoms with Gasteiger partial charge in [-0.05, 0) is 19.4 Å². The summed E-state index contributed by atoms with van der Waals surface area (Å²) in [7, 11) is 0. The van der Waals surface area contributed by atoms with Gasteiger partial charge in [0.05, 0.1) is 33.7 Å². The van der Waals surface area contributed by atoms with Crippen LogP contribution in [0.1, 0.15) is 26.5 Å². The first-order chi connectivity index (χ1) is 13.8. The summed E-state index contributed by atoms with van der Waals surface area (Å²) in [4.78, 5) is 38.2. The SMILES string of the molecule is Cc1ccccc1-c1nc(C)c(CNC(=O)c2cc([N+](=O)[O-])cc([N+](=O)[O-])c2)s1. The van der Waals surface area contributed by atoms with E-state index in [0.717, 1.165) is 44.9 Å². The Balaban J connectivity index is 1.80. The molecule has 0 bridgehead atoms. The Morgan fingerprint density at radius 2 is 1.69 bits per heavy atom. The second-order valence-electron chi connectivity index (χ2n) is 6.28. The largest absolute Gasteiger partial charge is 0.347 e. The molecule has 0 unspecified atom stereocenters. The van der Waals surface area contributed by atoms with Crippen molar-refractivity contribution in [3.05, 3.63) is 84.4 Å². The van der Waals surface area contributed by atoms with Crippen LogP contribution in [-0.4, -0.2) is 20.7 Å². The van der Waals surface area contributed by atoms with Crippen LogP contribution in [-0.2, 0) is 6.54 Å². The molecule has 1 amide bonds. The van der Waals surface area contributed by atoms with Gasteiger partial charge >= 0.3 is 0 Å². The molecule has 0 radical (unpaired) electrons. The molecule has 0 spiro atoms. The molecular weight excluding hydrogens is 396 g/mol. The van der Waals surface area contributed by atoms with Crippen molar-refractivity contribution in [1.82, 2.24) is 10.3 Å². The molecule has 0 atom stereocenters. The van der Waals surface area contributed by atoms with Crippen LogP contribution in [0.5, 0.6) is 0 Å². The van der Waals surface area contributed by atoms with Crippen molar-refractivity contribution < 1.29 is 14.6 Å². The van der Waals surface area contributed by atoms with Crippen LogP contribution in [0.4, 0.5) is 11.4 Å². The highest BCUT2D eigenvalue weighted by molar-refractivity contribution is 7.15. The number of aromatic nitrogens is 1. The third kappa shape index (κ3) is 4.43. The van der Waals surface area contributed by atoms with Crippen molar-refractivity contribution >= 4 is 28.6 Å². The summed E-state index contributed by atoms with van der Waals surface area (Å²) < 4.78 is 0. The van der Waals surface area contributed by atoms with E-state index in [-0.39, 0.29) is 12.1 Å². The van der Waals surface area contributed by atoms with E-state index < -0.39 is 27.1 Å². The van der Waals surface area contributed by atoms with E-state index in [9.17, 15) is 25.0 Å². The molecule has 0 saturated carbocycles. The van der Waals surface area contributed by atoms with Gasteiger partial charge in [-0.15, -0.1) is 11.3 Å². The van der Waals surface area contributed by atoms with Gasteiger partial charge in [-0.3, -0.25) is 25.0 Å². The van der Waals surface area contributed by atoms with Gasteiger partial charge in [0.25, 0.3) is 17.3 Å². The Morgan fingerprint density at radius 1 is 1.07 bits per heavy atom. The summed E-state index contributed by atoms with van der Waals surface area (Å²) in [5, 5.41) is 25.5. The van der Waals surface area contributed by atoms with Crippen LogP contribution in [0.3, 0.4) is 0 Å². The Hall–Kier alpha value is -3.66. The molecule has 3 aromatic rings. The van der Waals surface area contributed by atoms with Gasteiger partial charge < -0.3 is 5.32 Å². The number of carbonyl (C=O) groups excluding carboxylic acids is 1. The molecule has 1 N–H and O–H groups in total. The van der Waals surface area contributed by atoms with Gasteiger partial charge in [0, 0.05) is 22.6 Å². The first-order valence-corrected chi connectivity index (χ1v) is 9.32. The zero-order valence-corrected chi connectivity index (χ0v) is 16.4. The summed E-state index contributed by atoms with van der Waals surface area (Å²) in [5.41, 5.74) is 1.68. The predicted octanol–water partition coefficient (Wildman–Crippen LogP) is 4.17. The number of aryl methyl sites for hydroxylation is 2. The first kappa shape index (κ1) is 20.1. The van der Waals surface area contributed by atoms with E-state index in [1.807, 2.05) is 38.1 Å². The second-order valence-corrected chi connectivity index (χ2v) is 7.36. The van der Waals surface area contributed by atoms with Crippen molar-refractivity contribution in [3.63, 3.8) is 0 Å². The minimum Gasteiger partial charge on any atom is -0.347 e. The number of benzene rings is 2. The number of carbonyl (C=O) groups is 1. The lowest BCUT2D eigenvalue weighted by Crippen LogP contribution is -2.22. The monoisotopic (exact) mass is 412 g/mol. The van der Waals surface area contributed by atoms with Crippen LogP contribution in [0, 0.1) is 34.1 Å². The standard InChI is InChI=1S/C19H16N4O5S/c1-11-5-3-4-6-16(11)19-21-12(2)17(29-19)10-20-18(24)13-7-14(22(25)26)9-15(8-13)23(27)28/h3-9H,10H2,1-2H3,(H,20,24). The topological polar surface area (TPSA) is 128 Å². The quantitative estimate of drug-likeness (QED) is 0.478. The van der Waals surface area contributed by atoms with E-state index in [1.54, 1.807) is 0 Å². The molecule has 0 aliphatic carbocycles. The van der Waals surface area contributed by atoms with Crippen molar-refractivity contribution in [1.29, 1.82) is 0 Å². The fourth-order valence-corrected chi connectivity index (χ4v) is 3.81. The van der Waals surface area contributed by atoms with Crippen LogP contribution in [0.2, 0.25) is 0 Å². The maximum absolute atomic E-state index is 12.4. The lowest BCUT2D eigenvalue weighted by Gasteiger charge is -2.04. The molecular formula is C19H16N4O5S. The fourth-order valence-electron chi connectivity index (χ4n) is 2.72. The van der Waals surface area contributed by atoms with E-state index in [4.69, 9.17) is 0 Å². The number of nitrogens with one attached hydrogen (secondary N) is 1. The molecule has 0 aliphatic rings. The highest BCUT2D eigenvalue weighted by Crippen LogP contribution is 2.30. The van der Waals surface area contributed by atoms with Gasteiger partial charge in [0.2, 0.25) is 0 Å². The van der Waals surface area contributed by atoms with Gasteiger partial charge in [-0.25, -0.2) is 4.98 Å². The van der Waals surface area contributed by atoms with E-state index >= 15 is 0 Å². The van der Waals surface area contributed by atoms with E-state index in [1.165, 1.54) is 11.3 Å². The number of rotatable bonds is 6. The number of nitro benzene ring substituents is 2. The highest BCUT2D eigenvalue weighted by atomic mass is 32.1. The molecule has 10 heteroatoms. The number of nitrogens with zero attached hydrogens (tertiary/aromatic N) is 3. The van der Waals surface area contributed by atoms with Crippen LogP contribution < -0.4 is 5.32 Å². The number of amides is 1. The molecule has 1 heterocycles. The molecule has 29 heavy (non-hydrogen) atoms. The summed E-state index contributed by atoms with van der Waals surface area (Å²) in [5.74, 6) is -0.637. The van der Waals surface area contributed by atoms with E-state index in [0.29, 0.717) is 0 Å². The minimum atomic E-state index is -0.772. The summed E-state index contributed by atoms with van der Waals surface area (Å²) in [6.45, 7) is 3.98. The van der Waals surface area contributed by atoms with Crippen molar-refractivity contribution in [2.45, 2.75) is 20.4 Å². The van der Waals surface area contributed by atoms with Gasteiger partial charge in [0.1, 0.15) is 5.01 Å². The normalized spacial score (nSPS) is 10.6. The zero-order chi connectivity index (χ0) is 21.1. The van der Waals surface area contributed by atoms with Crippen molar-refractivity contribution in [3.8, 4) is 10.6 Å². The molecule has 148 valence electrons. The third-order valence-electron chi connectivity index (χ3n) is 4.26. The van der Waals surface area contributed by atoms with Crippen LogP contribution >= 0.6 is 11.3 Å². The zero-order valence-electron chi connectivity index (χ0n) is 15.5. The molecule has 0 aliphatic heterocycles. The number of thiazole rings is 1. The maximum atomic E-state index is 12.4. The molecule has 0 fully saturated rings. The number of non-ortho nitro benzene ring substituents is 2. The number of nitro groups is 2. The van der Waals surface area contributed by atoms with Crippen molar-refractivity contribution in [2.75, 3.05) is 0 Å². The number of hydrogen-bond donors (Lipinski definition) is 1. The maximum Gasteiger partial charge on any atom is 0.277 e. The smallest absolute Gasteiger partial charge is 0.277 e. The molecule has 1 aromatic heterocycles. The lowest BCUT2D eigenvalue weighted by molar-refractivity contribution is -0.394. The van der Waals surface area contributed by atoms with Gasteiger partial charge in [0.15, 0.2) is 0 Å². The predicted molar refractivity (Wildman–Crippen MR) is 108 cm³/mol. The van der Waals surface area contributed by atoms with E-state index in [2.05, 4.69) is 10.3 Å². The Morgan fingerprint density at radius 3 is 2.28 bits per heavy atom. The molecule has 2 aromatic carbocycles. The summed E-state index contributed by atoms with van der Waals surface area (Å²) >= 11 is 1.44.